The first-order chi connectivity index (χ1) is 15.2. The molecule has 1 amide bonds. The molecule has 2 N–H and O–H groups in total. The molecule has 31 heavy (non-hydrogen) atoms. The first kappa shape index (κ1) is 19.0. The van der Waals surface area contributed by atoms with Crippen molar-refractivity contribution >= 4 is 12.0 Å². The third-order valence-corrected chi connectivity index (χ3v) is 8.13. The number of carbonyl (C=O) groups is 1. The Hall–Kier alpha value is -2.75. The highest BCUT2D eigenvalue weighted by Crippen LogP contribution is 2.63. The molecule has 5 unspecified atom stereocenters. The number of fused-ring (bicyclic) bond motifs is 2. The number of rotatable bonds is 4. The van der Waals surface area contributed by atoms with E-state index in [0.29, 0.717) is 19.1 Å². The molecule has 4 heteroatoms. The minimum atomic E-state index is -0.434. The zero-order valence-electron chi connectivity index (χ0n) is 17.8. The van der Waals surface area contributed by atoms with Gasteiger partial charge in [0.2, 0.25) is 5.91 Å². The molecular formula is C27H29NO3. The van der Waals surface area contributed by atoms with E-state index in [1.54, 1.807) is 6.08 Å². The Kier molecular flexibility index (Phi) is 4.55. The fourth-order valence-corrected chi connectivity index (χ4v) is 6.70. The summed E-state index contributed by atoms with van der Waals surface area (Å²) >= 11 is 0. The van der Waals surface area contributed by atoms with Gasteiger partial charge in [-0.2, -0.15) is 0 Å². The molecule has 1 heterocycles. The van der Waals surface area contributed by atoms with Gasteiger partial charge in [0, 0.05) is 11.6 Å². The van der Waals surface area contributed by atoms with Crippen molar-refractivity contribution in [2.75, 3.05) is 13.2 Å². The normalized spacial score (nSPS) is 30.6. The second-order valence-electron chi connectivity index (χ2n) is 9.79. The molecule has 2 aromatic rings. The van der Waals surface area contributed by atoms with Gasteiger partial charge in [-0.1, -0.05) is 24.3 Å². The van der Waals surface area contributed by atoms with Crippen LogP contribution in [0.4, 0.5) is 0 Å². The van der Waals surface area contributed by atoms with E-state index in [2.05, 4.69) is 24.3 Å². The van der Waals surface area contributed by atoms with Gasteiger partial charge in [-0.05, 0) is 96.6 Å². The lowest BCUT2D eigenvalue weighted by Gasteiger charge is -2.46. The Bertz CT molecular complexity index is 1040. The van der Waals surface area contributed by atoms with Crippen LogP contribution in [-0.2, 0) is 4.79 Å². The lowest BCUT2D eigenvalue weighted by Crippen LogP contribution is -2.37. The Morgan fingerprint density at radius 2 is 1.77 bits per heavy atom. The molecule has 3 saturated carbocycles. The van der Waals surface area contributed by atoms with Gasteiger partial charge in [0.1, 0.15) is 13.2 Å². The van der Waals surface area contributed by atoms with Gasteiger partial charge in [0.05, 0.1) is 0 Å². The van der Waals surface area contributed by atoms with Crippen molar-refractivity contribution in [1.82, 2.24) is 0 Å². The van der Waals surface area contributed by atoms with E-state index in [4.69, 9.17) is 15.2 Å². The van der Waals surface area contributed by atoms with E-state index < -0.39 is 5.91 Å². The highest BCUT2D eigenvalue weighted by Gasteiger charge is 2.53. The van der Waals surface area contributed by atoms with Crippen molar-refractivity contribution in [3.8, 4) is 22.6 Å². The van der Waals surface area contributed by atoms with Crippen LogP contribution in [0, 0.1) is 23.7 Å². The summed E-state index contributed by atoms with van der Waals surface area (Å²) in [6, 6.07) is 12.7. The predicted molar refractivity (Wildman–Crippen MR) is 121 cm³/mol. The SMILES string of the molecule is NC(=O)/C=C/c1ccc(-c2cc3c(c(C4CCC5CC6CC4C6C5)c2)OCCO3)cc1. The molecular weight excluding hydrogens is 386 g/mol. The Morgan fingerprint density at radius 1 is 0.935 bits per heavy atom. The third-order valence-electron chi connectivity index (χ3n) is 8.13. The molecule has 160 valence electrons. The van der Waals surface area contributed by atoms with Crippen LogP contribution in [0.15, 0.2) is 42.5 Å². The van der Waals surface area contributed by atoms with Gasteiger partial charge in [-0.25, -0.2) is 0 Å². The van der Waals surface area contributed by atoms with Crippen LogP contribution in [0.5, 0.6) is 11.5 Å². The Morgan fingerprint density at radius 3 is 2.61 bits per heavy atom. The monoisotopic (exact) mass is 415 g/mol. The zero-order valence-corrected chi connectivity index (χ0v) is 17.8. The summed E-state index contributed by atoms with van der Waals surface area (Å²) in [5.74, 6) is 5.69. The molecule has 5 atom stereocenters. The van der Waals surface area contributed by atoms with E-state index in [1.807, 2.05) is 12.1 Å². The number of nitrogens with two attached hydrogens (primary N) is 1. The molecule has 0 aromatic heterocycles. The summed E-state index contributed by atoms with van der Waals surface area (Å²) in [6.07, 6.45) is 10.1. The van der Waals surface area contributed by atoms with E-state index in [0.717, 1.165) is 46.3 Å². The maximum Gasteiger partial charge on any atom is 0.241 e. The van der Waals surface area contributed by atoms with Gasteiger partial charge >= 0.3 is 0 Å². The summed E-state index contributed by atoms with van der Waals surface area (Å²) in [7, 11) is 0. The summed E-state index contributed by atoms with van der Waals surface area (Å²) in [6.45, 7) is 1.24. The van der Waals surface area contributed by atoms with Gasteiger partial charge < -0.3 is 15.2 Å². The van der Waals surface area contributed by atoms with Crippen molar-refractivity contribution < 1.29 is 14.3 Å². The van der Waals surface area contributed by atoms with Crippen molar-refractivity contribution in [2.24, 2.45) is 29.4 Å². The van der Waals surface area contributed by atoms with Gasteiger partial charge in [0.25, 0.3) is 0 Å². The molecule has 4 nitrogen and oxygen atoms in total. The van der Waals surface area contributed by atoms with E-state index >= 15 is 0 Å². The Labute approximate surface area is 183 Å². The second-order valence-corrected chi connectivity index (χ2v) is 9.79. The third kappa shape index (κ3) is 3.33. The predicted octanol–water partition coefficient (Wildman–Crippen LogP) is 5.16. The van der Waals surface area contributed by atoms with Crippen molar-refractivity contribution in [3.05, 3.63) is 53.6 Å². The van der Waals surface area contributed by atoms with E-state index in [-0.39, 0.29) is 0 Å². The fourth-order valence-electron chi connectivity index (χ4n) is 6.70. The molecule has 0 spiro atoms. The van der Waals surface area contributed by atoms with Crippen LogP contribution < -0.4 is 15.2 Å². The average molecular weight is 416 g/mol. The van der Waals surface area contributed by atoms with Crippen LogP contribution in [0.3, 0.4) is 0 Å². The van der Waals surface area contributed by atoms with Crippen LogP contribution in [-0.4, -0.2) is 19.1 Å². The van der Waals surface area contributed by atoms with E-state index in [9.17, 15) is 4.79 Å². The number of primary amides is 1. The van der Waals surface area contributed by atoms with Gasteiger partial charge in [-0.15, -0.1) is 0 Å². The molecule has 4 aliphatic rings. The van der Waals surface area contributed by atoms with Crippen molar-refractivity contribution in [2.45, 2.75) is 38.0 Å². The fraction of sp³-hybridized carbons (Fsp3) is 0.444. The summed E-state index contributed by atoms with van der Waals surface area (Å²) < 4.78 is 12.2. The largest absolute Gasteiger partial charge is 0.486 e. The zero-order chi connectivity index (χ0) is 20.9. The molecule has 6 rings (SSSR count). The highest BCUT2D eigenvalue weighted by molar-refractivity contribution is 5.90. The van der Waals surface area contributed by atoms with Crippen LogP contribution in [0.25, 0.3) is 17.2 Å². The van der Waals surface area contributed by atoms with Crippen LogP contribution >= 0.6 is 0 Å². The molecule has 2 aromatic carbocycles. The number of amides is 1. The van der Waals surface area contributed by atoms with Gasteiger partial charge in [-0.3, -0.25) is 4.79 Å². The van der Waals surface area contributed by atoms with Gasteiger partial charge in [0.15, 0.2) is 11.5 Å². The van der Waals surface area contributed by atoms with E-state index in [1.165, 1.54) is 49.3 Å². The molecule has 1 aliphatic heterocycles. The number of carbonyl (C=O) groups excluding carboxylic acids is 1. The quantitative estimate of drug-likeness (QED) is 0.702. The highest BCUT2D eigenvalue weighted by atomic mass is 16.6. The number of hydrogen-bond donors (Lipinski definition) is 1. The molecule has 0 saturated heterocycles. The number of hydrogen-bond acceptors (Lipinski definition) is 3. The van der Waals surface area contributed by atoms with Crippen LogP contribution in [0.1, 0.15) is 49.1 Å². The summed E-state index contributed by atoms with van der Waals surface area (Å²) in [5.41, 5.74) is 9.86. The molecule has 3 fully saturated rings. The lowest BCUT2D eigenvalue weighted by molar-refractivity contribution is -0.113. The maximum atomic E-state index is 11.0. The molecule has 3 aliphatic carbocycles. The lowest BCUT2D eigenvalue weighted by atomic mass is 9.59. The maximum absolute atomic E-state index is 11.0. The number of benzene rings is 2. The standard InChI is InChI=1S/C27H29NO3/c28-26(29)8-4-16-1-5-18(6-2-16)19-13-24(27-25(15-19)30-9-10-31-27)21-7-3-17-11-20-14-23(21)22(20)12-17/h1-2,4-6,8,13,15,17,20-23H,3,7,9-12,14H2,(H2,28,29)/b8-4+. The first-order valence-corrected chi connectivity index (χ1v) is 11.7. The summed E-state index contributed by atoms with van der Waals surface area (Å²) in [4.78, 5) is 11.0. The second kappa shape index (κ2) is 7.44. The summed E-state index contributed by atoms with van der Waals surface area (Å²) in [5, 5.41) is 0. The van der Waals surface area contributed by atoms with Crippen LogP contribution in [0.2, 0.25) is 0 Å². The molecule has 2 bridgehead atoms. The topological polar surface area (TPSA) is 61.6 Å². The first-order valence-electron chi connectivity index (χ1n) is 11.7. The molecule has 0 radical (unpaired) electrons. The minimum Gasteiger partial charge on any atom is -0.486 e. The van der Waals surface area contributed by atoms with Crippen molar-refractivity contribution in [3.63, 3.8) is 0 Å². The van der Waals surface area contributed by atoms with Crippen molar-refractivity contribution in [1.29, 1.82) is 0 Å². The number of ether oxygens (including phenoxy) is 2. The minimum absolute atomic E-state index is 0.434. The average Bonchev–Trinajstić information content (AvgIpc) is 3.00. The Balaban J connectivity index is 1.37. The smallest absolute Gasteiger partial charge is 0.241 e.